The molecule has 0 bridgehead atoms. The Morgan fingerprint density at radius 1 is 1.39 bits per heavy atom. The molecule has 0 atom stereocenters. The van der Waals surface area contributed by atoms with Crippen LogP contribution in [0, 0.1) is 11.3 Å². The maximum absolute atomic E-state index is 11.5. The van der Waals surface area contributed by atoms with Crippen LogP contribution in [0.15, 0.2) is 24.3 Å². The van der Waals surface area contributed by atoms with Crippen molar-refractivity contribution < 1.29 is 4.79 Å². The van der Waals surface area contributed by atoms with E-state index in [2.05, 4.69) is 11.4 Å². The van der Waals surface area contributed by atoms with Crippen LogP contribution in [0.1, 0.15) is 31.2 Å². The van der Waals surface area contributed by atoms with Crippen molar-refractivity contribution in [1.82, 2.24) is 5.32 Å². The van der Waals surface area contributed by atoms with Crippen LogP contribution in [0.5, 0.6) is 0 Å². The van der Waals surface area contributed by atoms with E-state index in [0.29, 0.717) is 25.8 Å². The lowest BCUT2D eigenvalue weighted by Gasteiger charge is -2.05. The van der Waals surface area contributed by atoms with Crippen molar-refractivity contribution in [3.63, 3.8) is 0 Å². The van der Waals surface area contributed by atoms with Crippen LogP contribution >= 0.6 is 0 Å². The summed E-state index contributed by atoms with van der Waals surface area (Å²) < 4.78 is 0. The zero-order chi connectivity index (χ0) is 13.2. The number of amides is 1. The Kier molecular flexibility index (Phi) is 6.34. The lowest BCUT2D eigenvalue weighted by Crippen LogP contribution is -2.24. The number of carbonyl (C=O) groups excluding carboxylic acids is 1. The molecule has 0 fully saturated rings. The molecule has 0 radical (unpaired) electrons. The average molecular weight is 245 g/mol. The van der Waals surface area contributed by atoms with Crippen LogP contribution in [0.2, 0.25) is 0 Å². The van der Waals surface area contributed by atoms with Gasteiger partial charge in [0.15, 0.2) is 0 Å². The van der Waals surface area contributed by atoms with E-state index in [1.165, 1.54) is 0 Å². The van der Waals surface area contributed by atoms with Crippen LogP contribution in [0.3, 0.4) is 0 Å². The van der Waals surface area contributed by atoms with Crippen molar-refractivity contribution in [3.05, 3.63) is 29.8 Å². The summed E-state index contributed by atoms with van der Waals surface area (Å²) in [6.07, 6.45) is 3.43. The van der Waals surface area contributed by atoms with Crippen molar-refractivity contribution in [2.45, 2.75) is 32.1 Å². The lowest BCUT2D eigenvalue weighted by molar-refractivity contribution is -0.121. The molecule has 1 aromatic rings. The second-order valence-corrected chi connectivity index (χ2v) is 4.21. The number of rotatable bonds is 7. The second kappa shape index (κ2) is 8.13. The third-order valence-electron chi connectivity index (χ3n) is 2.63. The van der Waals surface area contributed by atoms with Gasteiger partial charge in [-0.1, -0.05) is 12.1 Å². The van der Waals surface area contributed by atoms with Crippen LogP contribution in [-0.2, 0) is 11.2 Å². The first-order valence-electron chi connectivity index (χ1n) is 6.20. The second-order valence-electron chi connectivity index (χ2n) is 4.21. The maximum Gasteiger partial charge on any atom is 0.220 e. The molecule has 3 N–H and O–H groups in total. The zero-order valence-corrected chi connectivity index (χ0v) is 10.5. The first-order chi connectivity index (χ1) is 8.72. The summed E-state index contributed by atoms with van der Waals surface area (Å²) in [7, 11) is 0. The summed E-state index contributed by atoms with van der Waals surface area (Å²) in [5.74, 6) is 0.0504. The normalized spacial score (nSPS) is 9.72. The van der Waals surface area contributed by atoms with Gasteiger partial charge in [-0.25, -0.2) is 0 Å². The van der Waals surface area contributed by atoms with Crippen molar-refractivity contribution in [3.8, 4) is 6.07 Å². The molecular weight excluding hydrogens is 226 g/mol. The number of nitriles is 1. The highest BCUT2D eigenvalue weighted by Crippen LogP contribution is 2.08. The van der Waals surface area contributed by atoms with Gasteiger partial charge in [-0.05, 0) is 37.0 Å². The SMILES string of the molecule is N#CCCCCNC(=O)CCc1cccc(N)c1. The summed E-state index contributed by atoms with van der Waals surface area (Å²) in [5, 5.41) is 11.2. The third-order valence-corrected chi connectivity index (χ3v) is 2.63. The van der Waals surface area contributed by atoms with Gasteiger partial charge < -0.3 is 11.1 Å². The van der Waals surface area contributed by atoms with Crippen molar-refractivity contribution in [2.75, 3.05) is 12.3 Å². The van der Waals surface area contributed by atoms with E-state index < -0.39 is 0 Å². The highest BCUT2D eigenvalue weighted by atomic mass is 16.1. The molecule has 1 rings (SSSR count). The van der Waals surface area contributed by atoms with Crippen LogP contribution < -0.4 is 11.1 Å². The van der Waals surface area contributed by atoms with E-state index in [-0.39, 0.29) is 5.91 Å². The van der Waals surface area contributed by atoms with Gasteiger partial charge in [0.05, 0.1) is 6.07 Å². The minimum atomic E-state index is 0.0504. The summed E-state index contributed by atoms with van der Waals surface area (Å²) >= 11 is 0. The lowest BCUT2D eigenvalue weighted by atomic mass is 10.1. The van der Waals surface area contributed by atoms with E-state index in [1.54, 1.807) is 0 Å². The van der Waals surface area contributed by atoms with Crippen molar-refractivity contribution >= 4 is 11.6 Å². The Hall–Kier alpha value is -2.02. The van der Waals surface area contributed by atoms with Gasteiger partial charge >= 0.3 is 0 Å². The van der Waals surface area contributed by atoms with E-state index >= 15 is 0 Å². The van der Waals surface area contributed by atoms with Crippen LogP contribution in [-0.4, -0.2) is 12.5 Å². The zero-order valence-electron chi connectivity index (χ0n) is 10.5. The molecule has 0 heterocycles. The molecule has 4 heteroatoms. The number of nitrogens with zero attached hydrogens (tertiary/aromatic N) is 1. The molecule has 0 aliphatic rings. The predicted molar refractivity (Wildman–Crippen MR) is 71.6 cm³/mol. The van der Waals surface area contributed by atoms with Crippen LogP contribution in [0.4, 0.5) is 5.69 Å². The molecule has 0 aliphatic carbocycles. The number of nitrogen functional groups attached to an aromatic ring is 1. The Labute approximate surface area is 108 Å². The molecule has 0 unspecified atom stereocenters. The molecule has 0 spiro atoms. The number of nitrogens with two attached hydrogens (primary N) is 1. The Morgan fingerprint density at radius 3 is 2.94 bits per heavy atom. The van der Waals surface area contributed by atoms with Gasteiger partial charge in [-0.3, -0.25) is 4.79 Å². The molecule has 0 saturated heterocycles. The molecule has 4 nitrogen and oxygen atoms in total. The number of aryl methyl sites for hydroxylation is 1. The summed E-state index contributed by atoms with van der Waals surface area (Å²) in [6, 6.07) is 9.67. The maximum atomic E-state index is 11.5. The van der Waals surface area contributed by atoms with E-state index in [0.717, 1.165) is 24.1 Å². The average Bonchev–Trinajstić information content (AvgIpc) is 2.36. The number of anilines is 1. The van der Waals surface area contributed by atoms with Gasteiger partial charge in [0.2, 0.25) is 5.91 Å². The number of unbranched alkanes of at least 4 members (excludes halogenated alkanes) is 2. The number of nitrogens with one attached hydrogen (secondary N) is 1. The molecule has 0 aromatic heterocycles. The Morgan fingerprint density at radius 2 is 2.22 bits per heavy atom. The van der Waals surface area contributed by atoms with E-state index in [4.69, 9.17) is 11.0 Å². The fourth-order valence-electron chi connectivity index (χ4n) is 1.65. The van der Waals surface area contributed by atoms with Gasteiger partial charge in [0.25, 0.3) is 0 Å². The Bertz CT molecular complexity index is 423. The van der Waals surface area contributed by atoms with Gasteiger partial charge in [-0.2, -0.15) is 5.26 Å². The van der Waals surface area contributed by atoms with Crippen molar-refractivity contribution in [1.29, 1.82) is 5.26 Å². The molecular formula is C14H19N3O. The van der Waals surface area contributed by atoms with Gasteiger partial charge in [0, 0.05) is 25.1 Å². The molecule has 0 aliphatic heterocycles. The molecule has 0 saturated carbocycles. The van der Waals surface area contributed by atoms with Crippen molar-refractivity contribution in [2.24, 2.45) is 0 Å². The predicted octanol–water partition coefficient (Wildman–Crippen LogP) is 2.01. The Balaban J connectivity index is 2.15. The highest BCUT2D eigenvalue weighted by molar-refractivity contribution is 5.76. The molecule has 1 aromatic carbocycles. The minimum Gasteiger partial charge on any atom is -0.399 e. The highest BCUT2D eigenvalue weighted by Gasteiger charge is 2.01. The number of hydrogen-bond acceptors (Lipinski definition) is 3. The quantitative estimate of drug-likeness (QED) is 0.569. The monoisotopic (exact) mass is 245 g/mol. The first kappa shape index (κ1) is 14.0. The third kappa shape index (κ3) is 5.90. The van der Waals surface area contributed by atoms with Crippen LogP contribution in [0.25, 0.3) is 0 Å². The fraction of sp³-hybridized carbons (Fsp3) is 0.429. The number of hydrogen-bond donors (Lipinski definition) is 2. The smallest absolute Gasteiger partial charge is 0.220 e. The first-order valence-corrected chi connectivity index (χ1v) is 6.20. The van der Waals surface area contributed by atoms with E-state index in [9.17, 15) is 4.79 Å². The number of benzene rings is 1. The van der Waals surface area contributed by atoms with Gasteiger partial charge in [0.1, 0.15) is 0 Å². The van der Waals surface area contributed by atoms with E-state index in [1.807, 2.05) is 24.3 Å². The summed E-state index contributed by atoms with van der Waals surface area (Å²) in [5.41, 5.74) is 7.47. The summed E-state index contributed by atoms with van der Waals surface area (Å²) in [6.45, 7) is 0.650. The largest absolute Gasteiger partial charge is 0.399 e. The molecule has 1 amide bonds. The summed E-state index contributed by atoms with van der Waals surface area (Å²) in [4.78, 5) is 11.5. The standard InChI is InChI=1S/C14H19N3O/c15-9-2-1-3-10-17-14(18)8-7-12-5-4-6-13(16)11-12/h4-6,11H,1-3,7-8,10,16H2,(H,17,18). The topological polar surface area (TPSA) is 78.9 Å². The molecule has 96 valence electrons. The number of carbonyl (C=O) groups is 1. The fourth-order valence-corrected chi connectivity index (χ4v) is 1.65. The minimum absolute atomic E-state index is 0.0504. The molecule has 18 heavy (non-hydrogen) atoms. The van der Waals surface area contributed by atoms with Gasteiger partial charge in [-0.15, -0.1) is 0 Å².